The Morgan fingerprint density at radius 2 is 1.72 bits per heavy atom. The topological polar surface area (TPSA) is 81.7 Å². The van der Waals surface area contributed by atoms with Crippen LogP contribution >= 0.6 is 0 Å². The molecule has 0 atom stereocenters. The number of hydrogen-bond donors (Lipinski definition) is 1. The molecule has 25 heavy (non-hydrogen) atoms. The Morgan fingerprint density at radius 3 is 2.36 bits per heavy atom. The summed E-state index contributed by atoms with van der Waals surface area (Å²) in [4.78, 5) is 12.4. The van der Waals surface area contributed by atoms with Crippen LogP contribution in [-0.4, -0.2) is 39.3 Å². The Kier molecular flexibility index (Phi) is 4.35. The van der Waals surface area contributed by atoms with Crippen LogP contribution < -0.4 is 14.8 Å². The van der Waals surface area contributed by atoms with E-state index in [1.54, 1.807) is 6.07 Å². The summed E-state index contributed by atoms with van der Waals surface area (Å²) < 4.78 is 35.9. The van der Waals surface area contributed by atoms with E-state index in [-0.39, 0.29) is 29.0 Å². The molecule has 0 radical (unpaired) electrons. The summed E-state index contributed by atoms with van der Waals surface area (Å²) in [5.74, 6) is 1.85. The van der Waals surface area contributed by atoms with Crippen molar-refractivity contribution < 1.29 is 22.7 Å². The lowest BCUT2D eigenvalue weighted by Crippen LogP contribution is -2.38. The SMILES string of the molecule is O=C(CCS(=O)(=O)c1ccc2c(c1)OCCO2)NC(C1CC1)C1CC1. The van der Waals surface area contributed by atoms with Crippen LogP contribution in [0, 0.1) is 11.8 Å². The quantitative estimate of drug-likeness (QED) is 0.798. The van der Waals surface area contributed by atoms with E-state index in [1.165, 1.54) is 37.8 Å². The highest BCUT2D eigenvalue weighted by molar-refractivity contribution is 7.91. The van der Waals surface area contributed by atoms with Crippen molar-refractivity contribution in [2.24, 2.45) is 11.8 Å². The van der Waals surface area contributed by atoms with Gasteiger partial charge in [-0.2, -0.15) is 0 Å². The van der Waals surface area contributed by atoms with Gasteiger partial charge in [0.15, 0.2) is 21.3 Å². The van der Waals surface area contributed by atoms with Gasteiger partial charge in [-0.05, 0) is 49.7 Å². The third-order valence-electron chi connectivity index (χ3n) is 5.06. The van der Waals surface area contributed by atoms with Gasteiger partial charge in [0.1, 0.15) is 13.2 Å². The second kappa shape index (κ2) is 6.52. The summed E-state index contributed by atoms with van der Waals surface area (Å²) in [6.45, 7) is 0.866. The molecule has 4 rings (SSSR count). The van der Waals surface area contributed by atoms with Gasteiger partial charge < -0.3 is 14.8 Å². The predicted molar refractivity (Wildman–Crippen MR) is 91.5 cm³/mol. The molecule has 1 aromatic rings. The number of carbonyl (C=O) groups excluding carboxylic acids is 1. The van der Waals surface area contributed by atoms with Crippen molar-refractivity contribution >= 4 is 15.7 Å². The maximum absolute atomic E-state index is 12.5. The van der Waals surface area contributed by atoms with Gasteiger partial charge >= 0.3 is 0 Å². The minimum Gasteiger partial charge on any atom is -0.486 e. The lowest BCUT2D eigenvalue weighted by Gasteiger charge is -2.19. The first-order valence-electron chi connectivity index (χ1n) is 8.95. The summed E-state index contributed by atoms with van der Waals surface area (Å²) in [7, 11) is -3.53. The zero-order chi connectivity index (χ0) is 17.4. The standard InChI is InChI=1S/C18H23NO5S/c20-17(19-18(12-1-2-12)13-3-4-13)7-10-25(21,22)14-5-6-15-16(11-14)24-9-8-23-15/h5-6,11-13,18H,1-4,7-10H2,(H,19,20). The van der Waals surface area contributed by atoms with E-state index in [1.807, 2.05) is 0 Å². The Morgan fingerprint density at radius 1 is 1.08 bits per heavy atom. The van der Waals surface area contributed by atoms with Gasteiger partial charge in [-0.3, -0.25) is 4.79 Å². The maximum Gasteiger partial charge on any atom is 0.221 e. The Labute approximate surface area is 147 Å². The van der Waals surface area contributed by atoms with Crippen LogP contribution in [-0.2, 0) is 14.6 Å². The Hall–Kier alpha value is -1.76. The van der Waals surface area contributed by atoms with Crippen LogP contribution in [0.15, 0.2) is 23.1 Å². The zero-order valence-electron chi connectivity index (χ0n) is 14.1. The number of benzene rings is 1. The van der Waals surface area contributed by atoms with Gasteiger partial charge in [0.2, 0.25) is 5.91 Å². The van der Waals surface area contributed by atoms with Crippen molar-refractivity contribution in [1.82, 2.24) is 5.32 Å². The van der Waals surface area contributed by atoms with Crippen molar-refractivity contribution in [3.05, 3.63) is 18.2 Å². The largest absolute Gasteiger partial charge is 0.486 e. The molecule has 1 aliphatic heterocycles. The monoisotopic (exact) mass is 365 g/mol. The summed E-state index contributed by atoms with van der Waals surface area (Å²) in [5.41, 5.74) is 0. The van der Waals surface area contributed by atoms with Crippen LogP contribution in [0.1, 0.15) is 32.1 Å². The van der Waals surface area contributed by atoms with Crippen LogP contribution in [0.2, 0.25) is 0 Å². The highest BCUT2D eigenvalue weighted by atomic mass is 32.2. The highest BCUT2D eigenvalue weighted by Gasteiger charge is 2.42. The second-order valence-corrected chi connectivity index (χ2v) is 9.25. The molecule has 0 bridgehead atoms. The zero-order valence-corrected chi connectivity index (χ0v) is 14.9. The van der Waals surface area contributed by atoms with E-state index < -0.39 is 9.84 Å². The van der Waals surface area contributed by atoms with E-state index in [9.17, 15) is 13.2 Å². The minimum absolute atomic E-state index is 0.00723. The van der Waals surface area contributed by atoms with E-state index >= 15 is 0 Å². The molecule has 7 heteroatoms. The van der Waals surface area contributed by atoms with E-state index in [4.69, 9.17) is 9.47 Å². The first kappa shape index (κ1) is 16.7. The average Bonchev–Trinajstić information content (AvgIpc) is 3.50. The molecule has 0 saturated heterocycles. The molecule has 3 aliphatic rings. The number of amides is 1. The average molecular weight is 365 g/mol. The van der Waals surface area contributed by atoms with Gasteiger partial charge in [0.05, 0.1) is 10.6 Å². The number of sulfone groups is 1. The molecule has 0 spiro atoms. The Balaban J connectivity index is 1.37. The smallest absolute Gasteiger partial charge is 0.221 e. The summed E-state index contributed by atoms with van der Waals surface area (Å²) in [6.07, 6.45) is 4.70. The van der Waals surface area contributed by atoms with Crippen LogP contribution in [0.3, 0.4) is 0 Å². The predicted octanol–water partition coefficient (Wildman–Crippen LogP) is 1.93. The lowest BCUT2D eigenvalue weighted by molar-refractivity contribution is -0.121. The van der Waals surface area contributed by atoms with E-state index in [0.29, 0.717) is 36.5 Å². The van der Waals surface area contributed by atoms with Gasteiger partial charge in [0, 0.05) is 18.5 Å². The van der Waals surface area contributed by atoms with Crippen molar-refractivity contribution in [2.45, 2.75) is 43.0 Å². The van der Waals surface area contributed by atoms with Gasteiger partial charge in [0.25, 0.3) is 0 Å². The minimum atomic E-state index is -3.53. The molecule has 2 saturated carbocycles. The molecule has 1 heterocycles. The number of ether oxygens (including phenoxy) is 2. The molecular formula is C18H23NO5S. The number of fused-ring (bicyclic) bond motifs is 1. The van der Waals surface area contributed by atoms with Crippen LogP contribution in [0.5, 0.6) is 11.5 Å². The molecule has 136 valence electrons. The number of rotatable bonds is 7. The molecule has 1 amide bonds. The Bertz CT molecular complexity index is 756. The van der Waals surface area contributed by atoms with Gasteiger partial charge in [-0.15, -0.1) is 0 Å². The second-order valence-electron chi connectivity index (χ2n) is 7.14. The fraction of sp³-hybridized carbons (Fsp3) is 0.611. The van der Waals surface area contributed by atoms with Crippen molar-refractivity contribution in [2.75, 3.05) is 19.0 Å². The molecule has 0 aromatic heterocycles. The summed E-state index contributed by atoms with van der Waals surface area (Å²) in [6, 6.07) is 4.86. The fourth-order valence-corrected chi connectivity index (χ4v) is 4.60. The van der Waals surface area contributed by atoms with E-state index in [2.05, 4.69) is 5.32 Å². The third kappa shape index (κ3) is 3.92. The normalized spacial score (nSPS) is 19.7. The first-order chi connectivity index (χ1) is 12.0. The van der Waals surface area contributed by atoms with Crippen LogP contribution in [0.25, 0.3) is 0 Å². The third-order valence-corrected chi connectivity index (χ3v) is 6.77. The molecule has 2 fully saturated rings. The molecular weight excluding hydrogens is 342 g/mol. The number of hydrogen-bond acceptors (Lipinski definition) is 5. The first-order valence-corrected chi connectivity index (χ1v) is 10.6. The lowest BCUT2D eigenvalue weighted by atomic mass is 10.1. The van der Waals surface area contributed by atoms with Gasteiger partial charge in [-0.1, -0.05) is 0 Å². The number of nitrogens with one attached hydrogen (secondary N) is 1. The fourth-order valence-electron chi connectivity index (χ4n) is 3.35. The molecule has 1 N–H and O–H groups in total. The number of carbonyl (C=O) groups is 1. The molecule has 0 unspecified atom stereocenters. The highest BCUT2D eigenvalue weighted by Crippen LogP contribution is 2.44. The molecule has 2 aliphatic carbocycles. The van der Waals surface area contributed by atoms with E-state index in [0.717, 1.165) is 0 Å². The summed E-state index contributed by atoms with van der Waals surface area (Å²) >= 11 is 0. The van der Waals surface area contributed by atoms with Crippen LogP contribution in [0.4, 0.5) is 0 Å². The van der Waals surface area contributed by atoms with Crippen molar-refractivity contribution in [3.8, 4) is 11.5 Å². The molecule has 1 aromatic carbocycles. The molecule has 6 nitrogen and oxygen atoms in total. The van der Waals surface area contributed by atoms with Crippen molar-refractivity contribution in [1.29, 1.82) is 0 Å². The van der Waals surface area contributed by atoms with Crippen molar-refractivity contribution in [3.63, 3.8) is 0 Å². The maximum atomic E-state index is 12.5. The van der Waals surface area contributed by atoms with Gasteiger partial charge in [-0.25, -0.2) is 8.42 Å². The summed E-state index contributed by atoms with van der Waals surface area (Å²) in [5, 5.41) is 3.07.